The first-order valence-corrected chi connectivity index (χ1v) is 11.4. The smallest absolute Gasteiger partial charge is 0.243 e. The van der Waals surface area contributed by atoms with Crippen LogP contribution in [0.1, 0.15) is 32.4 Å². The second-order valence-electron chi connectivity index (χ2n) is 10.00. The Hall–Kier alpha value is -2.72. The number of hydrogen-bond acceptors (Lipinski definition) is 6. The fourth-order valence-electron chi connectivity index (χ4n) is 5.52. The molecule has 4 rings (SSSR count). The summed E-state index contributed by atoms with van der Waals surface area (Å²) in [6.07, 6.45) is 2.64. The van der Waals surface area contributed by atoms with Gasteiger partial charge in [0, 0.05) is 37.3 Å². The van der Waals surface area contributed by atoms with E-state index in [1.807, 2.05) is 6.07 Å². The van der Waals surface area contributed by atoms with Gasteiger partial charge in [-0.3, -0.25) is 24.2 Å². The molecule has 4 amide bonds. The largest absolute Gasteiger partial charge is 0.368 e. The predicted molar refractivity (Wildman–Crippen MR) is 126 cm³/mol. The van der Waals surface area contributed by atoms with Gasteiger partial charge in [0.2, 0.25) is 23.6 Å². The Labute approximate surface area is 205 Å². The molecule has 1 saturated carbocycles. The molecule has 0 aromatic carbocycles. The van der Waals surface area contributed by atoms with Crippen LogP contribution in [0.4, 0.5) is 0 Å². The number of nitrogens with one attached hydrogen (secondary N) is 2. The van der Waals surface area contributed by atoms with Crippen LogP contribution in [0.3, 0.4) is 0 Å². The molecule has 2 aliphatic heterocycles. The van der Waals surface area contributed by atoms with E-state index in [2.05, 4.69) is 29.5 Å². The first-order chi connectivity index (χ1) is 15.6. The highest BCUT2D eigenvalue weighted by Gasteiger charge is 2.69. The lowest BCUT2D eigenvalue weighted by molar-refractivity contribution is -0.142. The van der Waals surface area contributed by atoms with Crippen LogP contribution in [0.15, 0.2) is 24.4 Å². The van der Waals surface area contributed by atoms with Gasteiger partial charge in [-0.25, -0.2) is 0 Å². The number of nitrogens with two attached hydrogens (primary N) is 2. The highest BCUT2D eigenvalue weighted by atomic mass is 35.5. The zero-order valence-corrected chi connectivity index (χ0v) is 20.2. The normalized spacial score (nSPS) is 28.2. The van der Waals surface area contributed by atoms with Crippen LogP contribution in [0.25, 0.3) is 0 Å². The Morgan fingerprint density at radius 3 is 2.65 bits per heavy atom. The maximum atomic E-state index is 13.4. The number of carbonyl (C=O) groups is 4. The van der Waals surface area contributed by atoms with Crippen LogP contribution in [0.2, 0.25) is 0 Å². The Morgan fingerprint density at radius 1 is 1.32 bits per heavy atom. The molecule has 1 aliphatic carbocycles. The molecule has 10 nitrogen and oxygen atoms in total. The van der Waals surface area contributed by atoms with Gasteiger partial charge in [0.05, 0.1) is 6.04 Å². The van der Waals surface area contributed by atoms with Gasteiger partial charge in [-0.1, -0.05) is 19.9 Å². The van der Waals surface area contributed by atoms with Gasteiger partial charge in [-0.05, 0) is 42.2 Å². The van der Waals surface area contributed by atoms with E-state index >= 15 is 0 Å². The molecule has 0 unspecified atom stereocenters. The number of nitrogens with zero attached hydrogens (tertiary/aromatic N) is 2. The third-order valence-electron chi connectivity index (χ3n) is 7.58. The summed E-state index contributed by atoms with van der Waals surface area (Å²) in [5.41, 5.74) is 12.4. The molecule has 0 spiro atoms. The maximum Gasteiger partial charge on any atom is 0.243 e. The maximum absolute atomic E-state index is 13.4. The quantitative estimate of drug-likeness (QED) is 0.377. The van der Waals surface area contributed by atoms with Crippen molar-refractivity contribution in [2.45, 2.75) is 51.2 Å². The van der Waals surface area contributed by atoms with Gasteiger partial charge in [-0.2, -0.15) is 0 Å². The number of likely N-dealkylation sites (tertiary alicyclic amines) is 1. The minimum absolute atomic E-state index is 0. The topological polar surface area (TPSA) is 161 Å². The van der Waals surface area contributed by atoms with Crippen LogP contribution in [0.5, 0.6) is 0 Å². The molecule has 3 aliphatic rings. The summed E-state index contributed by atoms with van der Waals surface area (Å²) in [6.45, 7) is 5.13. The third-order valence-corrected chi connectivity index (χ3v) is 7.58. The molecule has 6 atom stereocenters. The highest BCUT2D eigenvalue weighted by Crippen LogP contribution is 2.64. The van der Waals surface area contributed by atoms with Gasteiger partial charge >= 0.3 is 0 Å². The monoisotopic (exact) mass is 492 g/mol. The number of hydrogen-bond donors (Lipinski definition) is 4. The minimum Gasteiger partial charge on any atom is -0.368 e. The SMILES string of the molecule is CC1(C)[C@@H]2[C@@H](C(=O)N[C@@H](C[C@@H]3CCNC3=O)C(N)=O)N(C(=O)[C@@H](N)Cc3ccccn3)C[C@@H]21.Cl. The molecule has 1 aromatic rings. The summed E-state index contributed by atoms with van der Waals surface area (Å²) >= 11 is 0. The lowest BCUT2D eigenvalue weighted by Crippen LogP contribution is -2.57. The van der Waals surface area contributed by atoms with E-state index in [4.69, 9.17) is 11.5 Å². The Kier molecular flexibility index (Phi) is 7.52. The van der Waals surface area contributed by atoms with Crippen LogP contribution in [-0.4, -0.2) is 64.7 Å². The molecule has 1 aromatic heterocycles. The van der Waals surface area contributed by atoms with Crippen molar-refractivity contribution in [1.29, 1.82) is 0 Å². The van der Waals surface area contributed by atoms with Gasteiger partial charge in [0.25, 0.3) is 0 Å². The summed E-state index contributed by atoms with van der Waals surface area (Å²) in [7, 11) is 0. The number of halogens is 1. The summed E-state index contributed by atoms with van der Waals surface area (Å²) < 4.78 is 0. The van der Waals surface area contributed by atoms with Crippen LogP contribution in [0, 0.1) is 23.2 Å². The number of aromatic nitrogens is 1. The summed E-state index contributed by atoms with van der Waals surface area (Å²) in [4.78, 5) is 56.4. The zero-order chi connectivity index (χ0) is 23.9. The Morgan fingerprint density at radius 2 is 2.06 bits per heavy atom. The van der Waals surface area contributed by atoms with Crippen molar-refractivity contribution < 1.29 is 19.2 Å². The minimum atomic E-state index is -0.980. The van der Waals surface area contributed by atoms with Crippen LogP contribution < -0.4 is 22.1 Å². The zero-order valence-electron chi connectivity index (χ0n) is 19.4. The molecule has 6 N–H and O–H groups in total. The molecule has 2 saturated heterocycles. The van der Waals surface area contributed by atoms with E-state index in [-0.39, 0.29) is 60.2 Å². The van der Waals surface area contributed by atoms with Gasteiger partial charge < -0.3 is 27.0 Å². The van der Waals surface area contributed by atoms with Crippen molar-refractivity contribution in [1.82, 2.24) is 20.5 Å². The van der Waals surface area contributed by atoms with E-state index in [9.17, 15) is 19.2 Å². The first kappa shape index (κ1) is 25.9. The van der Waals surface area contributed by atoms with Gasteiger partial charge in [0.1, 0.15) is 12.1 Å². The third kappa shape index (κ3) is 4.88. The van der Waals surface area contributed by atoms with E-state index < -0.39 is 29.9 Å². The van der Waals surface area contributed by atoms with Crippen LogP contribution in [-0.2, 0) is 25.6 Å². The summed E-state index contributed by atoms with van der Waals surface area (Å²) in [5.74, 6) is -1.78. The van der Waals surface area contributed by atoms with Crippen molar-refractivity contribution in [2.24, 2.45) is 34.6 Å². The first-order valence-electron chi connectivity index (χ1n) is 11.4. The average molecular weight is 493 g/mol. The van der Waals surface area contributed by atoms with Crippen molar-refractivity contribution >= 4 is 36.0 Å². The standard InChI is InChI=1S/C23H32N6O4.ClH/c1-23(2)14-11-29(22(33)15(24)10-13-5-3-4-7-26-13)18(17(14)23)21(32)28-16(19(25)30)9-12-6-8-27-20(12)31;/h3-5,7,12,14-18H,6,8-11,24H2,1-2H3,(H2,25,30)(H,27,31)(H,28,32);1H/t12-,14-,15-,16-,17-,18-;/m0./s1. The van der Waals surface area contributed by atoms with Gasteiger partial charge in [-0.15, -0.1) is 12.4 Å². The highest BCUT2D eigenvalue weighted by molar-refractivity contribution is 5.94. The fraction of sp³-hybridized carbons (Fsp3) is 0.609. The number of pyridine rings is 1. The second-order valence-corrected chi connectivity index (χ2v) is 10.00. The molecule has 3 heterocycles. The van der Waals surface area contributed by atoms with E-state index in [0.29, 0.717) is 25.2 Å². The van der Waals surface area contributed by atoms with E-state index in [1.54, 1.807) is 23.2 Å². The number of rotatable bonds is 8. The molecule has 0 radical (unpaired) electrons. The number of carbonyl (C=O) groups excluding carboxylic acids is 4. The fourth-order valence-corrected chi connectivity index (χ4v) is 5.52. The van der Waals surface area contributed by atoms with Crippen molar-refractivity contribution in [3.63, 3.8) is 0 Å². The van der Waals surface area contributed by atoms with Crippen molar-refractivity contribution in [3.05, 3.63) is 30.1 Å². The summed E-state index contributed by atoms with van der Waals surface area (Å²) in [5, 5.41) is 5.46. The number of piperidine rings is 1. The number of amides is 4. The van der Waals surface area contributed by atoms with Gasteiger partial charge in [0.15, 0.2) is 0 Å². The summed E-state index contributed by atoms with van der Waals surface area (Å²) in [6, 6.07) is 2.89. The Bertz CT molecular complexity index is 958. The average Bonchev–Trinajstić information content (AvgIpc) is 3.13. The molecule has 34 heavy (non-hydrogen) atoms. The van der Waals surface area contributed by atoms with E-state index in [0.717, 1.165) is 0 Å². The lowest BCUT2D eigenvalue weighted by atomic mass is 9.96. The molecule has 186 valence electrons. The number of fused-ring (bicyclic) bond motifs is 1. The van der Waals surface area contributed by atoms with E-state index in [1.165, 1.54) is 0 Å². The Balaban J connectivity index is 0.00000324. The molecule has 0 bridgehead atoms. The molecular formula is C23H33ClN6O4. The number of primary amides is 1. The van der Waals surface area contributed by atoms with Crippen molar-refractivity contribution in [3.8, 4) is 0 Å². The predicted octanol–water partition coefficient (Wildman–Crippen LogP) is -0.647. The molecule has 11 heteroatoms. The van der Waals surface area contributed by atoms with Crippen LogP contribution >= 0.6 is 12.4 Å². The molecular weight excluding hydrogens is 460 g/mol. The lowest BCUT2D eigenvalue weighted by Gasteiger charge is -2.32. The molecule has 3 fully saturated rings. The van der Waals surface area contributed by atoms with Crippen molar-refractivity contribution in [2.75, 3.05) is 13.1 Å². The second kappa shape index (κ2) is 9.87.